The summed E-state index contributed by atoms with van der Waals surface area (Å²) in [5.74, 6) is -1.76. The maximum Gasteiger partial charge on any atom is 0.306 e. The Morgan fingerprint density at radius 3 is 1.78 bits per heavy atom. The van der Waals surface area contributed by atoms with Crippen LogP contribution in [0.5, 0.6) is 0 Å². The molecule has 0 aromatic carbocycles. The Balaban J connectivity index is 4.38. The van der Waals surface area contributed by atoms with Gasteiger partial charge in [-0.25, -0.2) is 0 Å². The Labute approximate surface area is 281 Å². The van der Waals surface area contributed by atoms with E-state index in [0.717, 1.165) is 51.4 Å². The largest absolute Gasteiger partial charge is 0.544 e. The van der Waals surface area contributed by atoms with E-state index in [-0.39, 0.29) is 42.7 Å². The minimum atomic E-state index is -1.13. The second-order valence-corrected chi connectivity index (χ2v) is 13.1. The zero-order valence-electron chi connectivity index (χ0n) is 30.0. The number of carbonyl (C=O) groups is 3. The summed E-state index contributed by atoms with van der Waals surface area (Å²) in [4.78, 5) is 36.4. The average Bonchev–Trinajstić information content (AvgIpc) is 3.00. The lowest BCUT2D eigenvalue weighted by Gasteiger charge is -2.34. The number of unbranched alkanes of at least 4 members (excludes halogenated alkanes) is 13. The number of hydrogen-bond acceptors (Lipinski definition) is 7. The molecule has 0 aliphatic heterocycles. The van der Waals surface area contributed by atoms with E-state index < -0.39 is 18.1 Å². The molecule has 2 atom stereocenters. The molecule has 0 aromatic heterocycles. The van der Waals surface area contributed by atoms with Crippen molar-refractivity contribution in [2.45, 2.75) is 148 Å². The van der Waals surface area contributed by atoms with Crippen molar-refractivity contribution >= 4 is 17.9 Å². The number of allylic oxidation sites excluding steroid dienone is 6. The van der Waals surface area contributed by atoms with Gasteiger partial charge in [-0.1, -0.05) is 121 Å². The van der Waals surface area contributed by atoms with Crippen LogP contribution in [0, 0.1) is 0 Å². The Bertz CT molecular complexity index is 860. The highest BCUT2D eigenvalue weighted by molar-refractivity contribution is 5.70. The summed E-state index contributed by atoms with van der Waals surface area (Å²) >= 11 is 0. The first-order valence-electron chi connectivity index (χ1n) is 18.0. The van der Waals surface area contributed by atoms with Crippen LogP contribution in [0.4, 0.5) is 0 Å². The van der Waals surface area contributed by atoms with Gasteiger partial charge >= 0.3 is 11.9 Å². The molecule has 0 aliphatic rings. The van der Waals surface area contributed by atoms with Crippen LogP contribution in [0.25, 0.3) is 0 Å². The summed E-state index contributed by atoms with van der Waals surface area (Å²) in [6, 6.07) is -0.723. The number of hydrogen-bond donors (Lipinski definition) is 0. The van der Waals surface area contributed by atoms with Gasteiger partial charge in [0.2, 0.25) is 0 Å². The topological polar surface area (TPSA) is 102 Å². The van der Waals surface area contributed by atoms with E-state index in [1.54, 1.807) is 21.1 Å². The van der Waals surface area contributed by atoms with Gasteiger partial charge < -0.3 is 28.6 Å². The maximum atomic E-state index is 12.5. The number of quaternary nitrogens is 1. The predicted molar refractivity (Wildman–Crippen MR) is 185 cm³/mol. The van der Waals surface area contributed by atoms with Crippen LogP contribution in [0.15, 0.2) is 36.5 Å². The van der Waals surface area contributed by atoms with Gasteiger partial charge in [0.05, 0.1) is 40.3 Å². The van der Waals surface area contributed by atoms with Crippen LogP contribution in [0.3, 0.4) is 0 Å². The van der Waals surface area contributed by atoms with Crippen molar-refractivity contribution in [3.8, 4) is 0 Å². The lowest BCUT2D eigenvalue weighted by Crippen LogP contribution is -2.55. The first-order chi connectivity index (χ1) is 22.1. The van der Waals surface area contributed by atoms with E-state index in [2.05, 4.69) is 50.3 Å². The van der Waals surface area contributed by atoms with E-state index in [1.165, 1.54) is 51.4 Å². The van der Waals surface area contributed by atoms with Gasteiger partial charge in [-0.15, -0.1) is 0 Å². The molecule has 0 saturated heterocycles. The number of rotatable bonds is 31. The second kappa shape index (κ2) is 29.9. The van der Waals surface area contributed by atoms with E-state index >= 15 is 0 Å². The molecule has 0 fully saturated rings. The summed E-state index contributed by atoms with van der Waals surface area (Å²) in [5, 5.41) is 11.5. The molecular weight excluding hydrogens is 582 g/mol. The van der Waals surface area contributed by atoms with Crippen LogP contribution in [-0.2, 0) is 28.6 Å². The lowest BCUT2D eigenvalue weighted by atomic mass is 10.1. The van der Waals surface area contributed by atoms with Gasteiger partial charge in [0.15, 0.2) is 6.10 Å². The number of aliphatic carboxylic acids is 1. The molecule has 46 heavy (non-hydrogen) atoms. The van der Waals surface area contributed by atoms with E-state index in [0.29, 0.717) is 12.8 Å². The van der Waals surface area contributed by atoms with E-state index in [1.807, 2.05) is 0 Å². The van der Waals surface area contributed by atoms with Crippen LogP contribution in [-0.4, -0.2) is 75.5 Å². The SMILES string of the molecule is CC/C=C/C=C/C=C/CCCCCCCCCC(=O)OCC(COCCC(C(=O)[O-])[N+](C)(C)C)OC(=O)CCCCCCCCC. The highest BCUT2D eigenvalue weighted by Gasteiger charge is 2.25. The minimum Gasteiger partial charge on any atom is -0.544 e. The Morgan fingerprint density at radius 2 is 1.22 bits per heavy atom. The predicted octanol–water partition coefficient (Wildman–Crippen LogP) is 7.40. The Kier molecular flexibility index (Phi) is 28.3. The average molecular weight is 650 g/mol. The third-order valence-electron chi connectivity index (χ3n) is 7.85. The van der Waals surface area contributed by atoms with Crippen molar-refractivity contribution < 1.29 is 38.2 Å². The summed E-state index contributed by atoms with van der Waals surface area (Å²) in [5.41, 5.74) is 0. The highest BCUT2D eigenvalue weighted by atomic mass is 16.6. The van der Waals surface area contributed by atoms with Gasteiger partial charge in [0.25, 0.3) is 0 Å². The first kappa shape index (κ1) is 43.5. The monoisotopic (exact) mass is 649 g/mol. The molecule has 0 amide bonds. The van der Waals surface area contributed by atoms with E-state index in [9.17, 15) is 19.5 Å². The highest BCUT2D eigenvalue weighted by Crippen LogP contribution is 2.13. The number of likely N-dealkylation sites (N-methyl/N-ethyl adjacent to an activating group) is 1. The number of carbonyl (C=O) groups excluding carboxylic acids is 3. The van der Waals surface area contributed by atoms with Gasteiger partial charge in [-0.05, 0) is 32.1 Å². The Hall–Kier alpha value is -2.45. The molecule has 0 bridgehead atoms. The van der Waals surface area contributed by atoms with Crippen molar-refractivity contribution in [2.75, 3.05) is 41.0 Å². The summed E-state index contributed by atoms with van der Waals surface area (Å²) in [6.07, 6.45) is 30.4. The molecule has 266 valence electrons. The molecule has 0 radical (unpaired) electrons. The summed E-state index contributed by atoms with van der Waals surface area (Å²) < 4.78 is 17.0. The molecule has 0 aliphatic carbocycles. The van der Waals surface area contributed by atoms with Crippen molar-refractivity contribution in [3.63, 3.8) is 0 Å². The van der Waals surface area contributed by atoms with Crippen LogP contribution >= 0.6 is 0 Å². The van der Waals surface area contributed by atoms with Crippen LogP contribution < -0.4 is 5.11 Å². The van der Waals surface area contributed by atoms with E-state index in [4.69, 9.17) is 14.2 Å². The maximum absolute atomic E-state index is 12.5. The van der Waals surface area contributed by atoms with Gasteiger partial charge in [0, 0.05) is 19.3 Å². The summed E-state index contributed by atoms with van der Waals surface area (Å²) in [6.45, 7) is 4.45. The number of nitrogens with zero attached hydrogens (tertiary/aromatic N) is 1. The second-order valence-electron chi connectivity index (χ2n) is 13.1. The van der Waals surface area contributed by atoms with Gasteiger partial charge in [-0.2, -0.15) is 0 Å². The molecule has 2 unspecified atom stereocenters. The molecule has 0 rings (SSSR count). The quantitative estimate of drug-likeness (QED) is 0.0334. The lowest BCUT2D eigenvalue weighted by molar-refractivity contribution is -0.889. The van der Waals surface area contributed by atoms with Gasteiger partial charge in [-0.3, -0.25) is 9.59 Å². The van der Waals surface area contributed by atoms with Crippen molar-refractivity contribution in [2.24, 2.45) is 0 Å². The minimum absolute atomic E-state index is 0.0374. The third-order valence-corrected chi connectivity index (χ3v) is 7.85. The molecule has 8 heteroatoms. The van der Waals surface area contributed by atoms with Crippen LogP contribution in [0.2, 0.25) is 0 Å². The Morgan fingerprint density at radius 1 is 0.674 bits per heavy atom. The third kappa shape index (κ3) is 27.8. The number of carboxylic acid groups (broad SMARTS) is 1. The first-order valence-corrected chi connectivity index (χ1v) is 18.0. The zero-order chi connectivity index (χ0) is 34.3. The fourth-order valence-corrected chi connectivity index (χ4v) is 5.01. The molecule has 0 spiro atoms. The standard InChI is InChI=1S/C38H67NO7/c1-6-8-10-12-14-15-16-17-18-19-20-21-23-24-26-28-36(40)45-33-34(32-44-31-30-35(38(42)43)39(3,4)5)46-37(41)29-27-25-22-13-11-9-7-2/h8,10,12,14-16,34-35H,6-7,9,11,13,17-33H2,1-5H3/b10-8+,14-12+,16-15+. The fraction of sp³-hybridized carbons (Fsp3) is 0.763. The number of carboxylic acids is 1. The fourth-order valence-electron chi connectivity index (χ4n) is 5.01. The molecule has 0 saturated carbocycles. The van der Waals surface area contributed by atoms with Crippen molar-refractivity contribution in [1.82, 2.24) is 0 Å². The zero-order valence-corrected chi connectivity index (χ0v) is 30.0. The van der Waals surface area contributed by atoms with Gasteiger partial charge in [0.1, 0.15) is 12.6 Å². The molecular formula is C38H67NO7. The van der Waals surface area contributed by atoms with Crippen LogP contribution in [0.1, 0.15) is 136 Å². The molecule has 0 aromatic rings. The molecule has 8 nitrogen and oxygen atoms in total. The number of esters is 2. The smallest absolute Gasteiger partial charge is 0.306 e. The van der Waals surface area contributed by atoms with Crippen molar-refractivity contribution in [3.05, 3.63) is 36.5 Å². The molecule has 0 heterocycles. The normalized spacial score (nSPS) is 13.5. The summed E-state index contributed by atoms with van der Waals surface area (Å²) in [7, 11) is 5.38. The number of ether oxygens (including phenoxy) is 3. The molecule has 0 N–H and O–H groups in total. The van der Waals surface area contributed by atoms with Crippen molar-refractivity contribution in [1.29, 1.82) is 0 Å².